The predicted molar refractivity (Wildman–Crippen MR) is 163 cm³/mol. The Hall–Kier alpha value is -4.21. The zero-order chi connectivity index (χ0) is 29.8. The highest BCUT2D eigenvalue weighted by Crippen LogP contribution is 2.31. The Labute approximate surface area is 246 Å². The summed E-state index contributed by atoms with van der Waals surface area (Å²) >= 11 is 0. The van der Waals surface area contributed by atoms with Crippen molar-refractivity contribution in [2.45, 2.75) is 39.0 Å². The van der Waals surface area contributed by atoms with E-state index in [1.54, 1.807) is 35.5 Å². The fraction of sp³-hybridized carbons (Fsp3) is 0.364. The molecule has 220 valence electrons. The molecular weight excluding hydrogens is 530 g/mol. The molecule has 42 heavy (non-hydrogen) atoms. The largest absolute Gasteiger partial charge is 0.488 e. The molecule has 4 aromatic rings. The van der Waals surface area contributed by atoms with Gasteiger partial charge in [0.25, 0.3) is 5.91 Å². The van der Waals surface area contributed by atoms with Gasteiger partial charge in [-0.25, -0.2) is 0 Å². The van der Waals surface area contributed by atoms with Crippen molar-refractivity contribution in [3.05, 3.63) is 89.9 Å². The van der Waals surface area contributed by atoms with Crippen LogP contribution < -0.4 is 10.1 Å². The van der Waals surface area contributed by atoms with Gasteiger partial charge in [0.2, 0.25) is 5.91 Å². The number of para-hydroxylation sites is 1. The number of anilines is 1. The number of nitrogens with zero attached hydrogens (tertiary/aromatic N) is 4. The number of nitrogens with one attached hydrogen (secondary N) is 1. The second-order valence-corrected chi connectivity index (χ2v) is 11.4. The topological polar surface area (TPSA) is 99.9 Å². The van der Waals surface area contributed by atoms with Gasteiger partial charge in [0.15, 0.2) is 0 Å². The van der Waals surface area contributed by atoms with Gasteiger partial charge in [0, 0.05) is 67.8 Å². The number of rotatable bonds is 9. The molecule has 3 heterocycles. The number of amides is 2. The molecule has 2 aromatic heterocycles. The van der Waals surface area contributed by atoms with Gasteiger partial charge < -0.3 is 24.6 Å². The van der Waals surface area contributed by atoms with Gasteiger partial charge in [-0.2, -0.15) is 0 Å². The van der Waals surface area contributed by atoms with Gasteiger partial charge >= 0.3 is 0 Å². The van der Waals surface area contributed by atoms with E-state index in [0.29, 0.717) is 30.1 Å². The minimum Gasteiger partial charge on any atom is -0.488 e. The van der Waals surface area contributed by atoms with E-state index in [2.05, 4.69) is 22.1 Å². The Morgan fingerprint density at radius 1 is 1.19 bits per heavy atom. The number of aliphatic hydroxyl groups excluding tert-OH is 1. The molecule has 0 spiro atoms. The Morgan fingerprint density at radius 3 is 2.71 bits per heavy atom. The number of aliphatic hydroxyl groups is 1. The lowest BCUT2D eigenvalue weighted by atomic mass is 9.99. The number of likely N-dealkylation sites (N-methyl/N-ethyl adjacent to an activating group) is 1. The zero-order valence-electron chi connectivity index (χ0n) is 24.7. The number of carbonyl (C=O) groups excluding carboxylic acids is 2. The number of ether oxygens (including phenoxy) is 1. The summed E-state index contributed by atoms with van der Waals surface area (Å²) in [5.41, 5.74) is 4.05. The minimum absolute atomic E-state index is 0.0102. The summed E-state index contributed by atoms with van der Waals surface area (Å²) in [5.74, 6) is 0.0783. The number of aryl methyl sites for hydroxylation is 1. The van der Waals surface area contributed by atoms with Gasteiger partial charge in [-0.3, -0.25) is 19.5 Å². The van der Waals surface area contributed by atoms with Crippen molar-refractivity contribution in [3.63, 3.8) is 0 Å². The van der Waals surface area contributed by atoms with Crippen molar-refractivity contribution in [3.8, 4) is 5.75 Å². The Balaban J connectivity index is 1.37. The van der Waals surface area contributed by atoms with Crippen LogP contribution in [0.5, 0.6) is 5.75 Å². The normalized spacial score (nSPS) is 17.9. The van der Waals surface area contributed by atoms with Crippen molar-refractivity contribution in [2.24, 2.45) is 13.0 Å². The van der Waals surface area contributed by atoms with Crippen molar-refractivity contribution >= 4 is 28.4 Å². The lowest BCUT2D eigenvalue weighted by Crippen LogP contribution is -2.49. The van der Waals surface area contributed by atoms with E-state index in [1.165, 1.54) is 0 Å². The maximum Gasteiger partial charge on any atom is 0.258 e. The fourth-order valence-electron chi connectivity index (χ4n) is 5.63. The predicted octanol–water partition coefficient (Wildman–Crippen LogP) is 4.11. The first-order valence-corrected chi connectivity index (χ1v) is 14.4. The Bertz CT molecular complexity index is 1550. The Morgan fingerprint density at radius 2 is 1.95 bits per heavy atom. The van der Waals surface area contributed by atoms with Gasteiger partial charge in [-0.05, 0) is 61.5 Å². The molecule has 0 aliphatic carbocycles. The molecule has 2 aromatic carbocycles. The molecule has 2 amide bonds. The molecule has 0 bridgehead atoms. The Kier molecular flexibility index (Phi) is 8.89. The summed E-state index contributed by atoms with van der Waals surface area (Å²) in [5, 5.41) is 14.0. The summed E-state index contributed by atoms with van der Waals surface area (Å²) in [6.45, 7) is 5.57. The van der Waals surface area contributed by atoms with Crippen LogP contribution in [0, 0.1) is 5.92 Å². The van der Waals surface area contributed by atoms with Gasteiger partial charge in [0.05, 0.1) is 24.6 Å². The van der Waals surface area contributed by atoms with E-state index in [9.17, 15) is 14.7 Å². The minimum atomic E-state index is -0.370. The molecular formula is C33H39N5O4. The third-order valence-electron chi connectivity index (χ3n) is 7.97. The first kappa shape index (κ1) is 29.3. The number of hydrogen-bond donors (Lipinski definition) is 2. The molecule has 0 unspecified atom stereocenters. The molecule has 0 fully saturated rings. The summed E-state index contributed by atoms with van der Waals surface area (Å²) in [6.07, 6.45) is 5.55. The van der Waals surface area contributed by atoms with Crippen LogP contribution in [0.3, 0.4) is 0 Å². The summed E-state index contributed by atoms with van der Waals surface area (Å²) in [7, 11) is 4.01. The maximum atomic E-state index is 13.8. The van der Waals surface area contributed by atoms with E-state index in [4.69, 9.17) is 4.74 Å². The number of pyridine rings is 1. The van der Waals surface area contributed by atoms with Crippen molar-refractivity contribution in [1.29, 1.82) is 0 Å². The average Bonchev–Trinajstić information content (AvgIpc) is 3.29. The second-order valence-electron chi connectivity index (χ2n) is 11.4. The van der Waals surface area contributed by atoms with Gasteiger partial charge in [-0.1, -0.05) is 25.1 Å². The summed E-state index contributed by atoms with van der Waals surface area (Å²) < 4.78 is 8.53. The number of benzene rings is 2. The molecule has 9 heteroatoms. The number of hydrogen-bond acceptors (Lipinski definition) is 6. The lowest BCUT2D eigenvalue weighted by molar-refractivity contribution is -0.115. The van der Waals surface area contributed by atoms with E-state index < -0.39 is 0 Å². The molecule has 0 saturated heterocycles. The van der Waals surface area contributed by atoms with Crippen LogP contribution in [0.4, 0.5) is 5.69 Å². The number of aromatic nitrogens is 2. The van der Waals surface area contributed by atoms with Crippen LogP contribution in [-0.4, -0.2) is 75.2 Å². The number of carbonyl (C=O) groups is 2. The van der Waals surface area contributed by atoms with Gasteiger partial charge in [-0.15, -0.1) is 0 Å². The monoisotopic (exact) mass is 569 g/mol. The molecule has 0 radical (unpaired) electrons. The first-order chi connectivity index (χ1) is 20.2. The van der Waals surface area contributed by atoms with Gasteiger partial charge in [0.1, 0.15) is 11.9 Å². The molecule has 5 rings (SSSR count). The van der Waals surface area contributed by atoms with Crippen LogP contribution in [0.1, 0.15) is 35.3 Å². The average molecular weight is 570 g/mol. The highest BCUT2D eigenvalue weighted by molar-refractivity contribution is 6.00. The van der Waals surface area contributed by atoms with Crippen LogP contribution in [0.2, 0.25) is 0 Å². The molecule has 2 N–H and O–H groups in total. The third-order valence-corrected chi connectivity index (χ3v) is 7.97. The first-order valence-electron chi connectivity index (χ1n) is 14.4. The van der Waals surface area contributed by atoms with Crippen LogP contribution in [-0.2, 0) is 24.8 Å². The highest BCUT2D eigenvalue weighted by atomic mass is 16.5. The lowest BCUT2D eigenvalue weighted by Gasteiger charge is -2.38. The molecule has 9 nitrogen and oxygen atoms in total. The van der Waals surface area contributed by atoms with Crippen LogP contribution >= 0.6 is 0 Å². The van der Waals surface area contributed by atoms with E-state index >= 15 is 0 Å². The summed E-state index contributed by atoms with van der Waals surface area (Å²) in [6, 6.07) is 16.8. The molecule has 1 aliphatic heterocycles. The SMILES string of the molecule is C[C@@H]1CN([C@@H](C)CO)C(=O)c2cc(NC(=O)Cc3cn(C)c4ccccc34)ccc2O[C@H]1CN(C)Cc1ccncc1. The van der Waals surface area contributed by atoms with Crippen molar-refractivity contribution < 1.29 is 19.4 Å². The number of fused-ring (bicyclic) bond motifs is 2. The second kappa shape index (κ2) is 12.8. The quantitative estimate of drug-likeness (QED) is 0.315. The third kappa shape index (κ3) is 6.48. The van der Waals surface area contributed by atoms with Crippen molar-refractivity contribution in [2.75, 3.05) is 32.1 Å². The summed E-state index contributed by atoms with van der Waals surface area (Å²) in [4.78, 5) is 34.9. The van der Waals surface area contributed by atoms with E-state index in [1.807, 2.05) is 68.2 Å². The molecule has 0 saturated carbocycles. The molecule has 1 aliphatic rings. The zero-order valence-corrected chi connectivity index (χ0v) is 24.7. The maximum absolute atomic E-state index is 13.8. The van der Waals surface area contributed by atoms with E-state index in [0.717, 1.165) is 28.6 Å². The van der Waals surface area contributed by atoms with Crippen LogP contribution in [0.25, 0.3) is 10.9 Å². The van der Waals surface area contributed by atoms with Crippen molar-refractivity contribution in [1.82, 2.24) is 19.4 Å². The van der Waals surface area contributed by atoms with E-state index in [-0.39, 0.29) is 42.9 Å². The molecule has 3 atom stereocenters. The fourth-order valence-corrected chi connectivity index (χ4v) is 5.63. The van der Waals surface area contributed by atoms with Crippen LogP contribution in [0.15, 0.2) is 73.2 Å². The smallest absolute Gasteiger partial charge is 0.258 e. The highest BCUT2D eigenvalue weighted by Gasteiger charge is 2.33. The standard InChI is InChI=1S/C33H39N5O4/c1-22-17-38(23(2)21-39)33(41)28-16-26(35-32(40)15-25-19-37(4)29-8-6-5-7-27(25)29)9-10-30(28)42-31(22)20-36(3)18-24-11-13-34-14-12-24/h5-14,16,19,22-23,31,39H,15,17-18,20-21H2,1-4H3,(H,35,40)/t22-,23+,31+/m1/s1.